The summed E-state index contributed by atoms with van der Waals surface area (Å²) in [6.45, 7) is 3.61. The third-order valence-corrected chi connectivity index (χ3v) is 3.41. The predicted molar refractivity (Wildman–Crippen MR) is 50.0 cm³/mol. The second kappa shape index (κ2) is 5.01. The third-order valence-electron chi connectivity index (χ3n) is 2.07. The largest absolute Gasteiger partial charge is 0.395 e. The van der Waals surface area contributed by atoms with Crippen molar-refractivity contribution in [3.63, 3.8) is 0 Å². The van der Waals surface area contributed by atoms with Crippen LogP contribution in [0, 0.1) is 0 Å². The number of aliphatic hydroxyl groups excluding tert-OH is 1. The standard InChI is InChI=1S/C8H17NOS/c1-2-3-7-8(6-10)11-5-4-9-7/h7-10H,2-6H2,1H3. The minimum absolute atomic E-state index is 0.322. The van der Waals surface area contributed by atoms with Crippen LogP contribution in [0.5, 0.6) is 0 Å². The van der Waals surface area contributed by atoms with Crippen LogP contribution in [-0.4, -0.2) is 35.3 Å². The highest BCUT2D eigenvalue weighted by atomic mass is 32.2. The molecule has 0 aromatic carbocycles. The summed E-state index contributed by atoms with van der Waals surface area (Å²) in [4.78, 5) is 0. The lowest BCUT2D eigenvalue weighted by atomic mass is 10.1. The molecular weight excluding hydrogens is 158 g/mol. The van der Waals surface area contributed by atoms with E-state index in [0.29, 0.717) is 17.9 Å². The molecule has 11 heavy (non-hydrogen) atoms. The molecule has 2 atom stereocenters. The van der Waals surface area contributed by atoms with Gasteiger partial charge in [0.25, 0.3) is 0 Å². The molecule has 0 aromatic heterocycles. The Kier molecular flexibility index (Phi) is 4.26. The van der Waals surface area contributed by atoms with Crippen molar-refractivity contribution in [1.29, 1.82) is 0 Å². The smallest absolute Gasteiger partial charge is 0.0565 e. The molecule has 2 nitrogen and oxygen atoms in total. The Hall–Kier alpha value is 0.270. The van der Waals surface area contributed by atoms with Gasteiger partial charge in [-0.2, -0.15) is 11.8 Å². The molecule has 1 rings (SSSR count). The fourth-order valence-corrected chi connectivity index (χ4v) is 2.59. The van der Waals surface area contributed by atoms with Crippen LogP contribution >= 0.6 is 11.8 Å². The number of hydrogen-bond acceptors (Lipinski definition) is 3. The van der Waals surface area contributed by atoms with Crippen molar-refractivity contribution >= 4 is 11.8 Å². The monoisotopic (exact) mass is 175 g/mol. The van der Waals surface area contributed by atoms with Crippen LogP contribution < -0.4 is 5.32 Å². The minimum Gasteiger partial charge on any atom is -0.395 e. The molecule has 0 spiro atoms. The normalized spacial score (nSPS) is 32.2. The molecule has 0 saturated carbocycles. The van der Waals surface area contributed by atoms with Gasteiger partial charge in [0, 0.05) is 23.6 Å². The van der Waals surface area contributed by atoms with Crippen LogP contribution in [0.1, 0.15) is 19.8 Å². The van der Waals surface area contributed by atoms with Gasteiger partial charge in [-0.3, -0.25) is 0 Å². The average Bonchev–Trinajstić information content (AvgIpc) is 2.06. The summed E-state index contributed by atoms with van der Waals surface area (Å²) in [6.07, 6.45) is 2.40. The van der Waals surface area contributed by atoms with E-state index in [1.54, 1.807) is 0 Å². The summed E-state index contributed by atoms with van der Waals surface area (Å²) in [5, 5.41) is 12.9. The lowest BCUT2D eigenvalue weighted by Crippen LogP contribution is -2.45. The van der Waals surface area contributed by atoms with E-state index in [9.17, 15) is 0 Å². The van der Waals surface area contributed by atoms with Gasteiger partial charge >= 0.3 is 0 Å². The molecule has 2 N–H and O–H groups in total. The molecule has 0 bridgehead atoms. The zero-order valence-electron chi connectivity index (χ0n) is 7.05. The summed E-state index contributed by atoms with van der Waals surface area (Å²) < 4.78 is 0. The van der Waals surface area contributed by atoms with Gasteiger partial charge in [-0.05, 0) is 6.42 Å². The molecule has 0 aliphatic carbocycles. The molecule has 0 aromatic rings. The van der Waals surface area contributed by atoms with Crippen molar-refractivity contribution in [3.8, 4) is 0 Å². The summed E-state index contributed by atoms with van der Waals surface area (Å²) in [7, 11) is 0. The molecule has 1 aliphatic rings. The van der Waals surface area contributed by atoms with Crippen LogP contribution in [0.15, 0.2) is 0 Å². The number of rotatable bonds is 3. The first kappa shape index (κ1) is 9.36. The first-order valence-corrected chi connectivity index (χ1v) is 5.39. The molecule has 2 unspecified atom stereocenters. The minimum atomic E-state index is 0.322. The van der Waals surface area contributed by atoms with Crippen molar-refractivity contribution in [3.05, 3.63) is 0 Å². The highest BCUT2D eigenvalue weighted by molar-refractivity contribution is 8.00. The molecule has 1 fully saturated rings. The summed E-state index contributed by atoms with van der Waals surface area (Å²) >= 11 is 1.90. The maximum absolute atomic E-state index is 9.03. The Morgan fingerprint density at radius 2 is 2.45 bits per heavy atom. The second-order valence-corrected chi connectivity index (χ2v) is 4.29. The Morgan fingerprint density at radius 1 is 1.64 bits per heavy atom. The van der Waals surface area contributed by atoms with Gasteiger partial charge in [0.15, 0.2) is 0 Å². The van der Waals surface area contributed by atoms with Crippen molar-refractivity contribution in [2.24, 2.45) is 0 Å². The Bertz CT molecular complexity index is 108. The Labute approximate surface area is 72.8 Å². The molecule has 1 aliphatic heterocycles. The Balaban J connectivity index is 2.31. The third kappa shape index (κ3) is 2.65. The maximum Gasteiger partial charge on any atom is 0.0565 e. The van der Waals surface area contributed by atoms with E-state index in [0.717, 1.165) is 12.3 Å². The first-order valence-electron chi connectivity index (χ1n) is 4.34. The molecule has 0 amide bonds. The van der Waals surface area contributed by atoms with Crippen molar-refractivity contribution < 1.29 is 5.11 Å². The zero-order chi connectivity index (χ0) is 8.10. The van der Waals surface area contributed by atoms with Gasteiger partial charge in [0.05, 0.1) is 6.61 Å². The number of aliphatic hydroxyl groups is 1. The highest BCUT2D eigenvalue weighted by Gasteiger charge is 2.23. The number of thioether (sulfide) groups is 1. The zero-order valence-corrected chi connectivity index (χ0v) is 7.86. The highest BCUT2D eigenvalue weighted by Crippen LogP contribution is 2.20. The van der Waals surface area contributed by atoms with E-state index >= 15 is 0 Å². The lowest BCUT2D eigenvalue weighted by Gasteiger charge is -2.30. The summed E-state index contributed by atoms with van der Waals surface area (Å²) in [6, 6.07) is 0.545. The van der Waals surface area contributed by atoms with Gasteiger partial charge in [-0.15, -0.1) is 0 Å². The molecule has 1 saturated heterocycles. The van der Waals surface area contributed by atoms with Crippen molar-refractivity contribution in [2.45, 2.75) is 31.1 Å². The van der Waals surface area contributed by atoms with Gasteiger partial charge in [0.1, 0.15) is 0 Å². The lowest BCUT2D eigenvalue weighted by molar-refractivity contribution is 0.265. The number of hydrogen-bond donors (Lipinski definition) is 2. The van der Waals surface area contributed by atoms with Gasteiger partial charge in [-0.1, -0.05) is 13.3 Å². The van der Waals surface area contributed by atoms with Gasteiger partial charge in [-0.25, -0.2) is 0 Å². The first-order chi connectivity index (χ1) is 5.38. The molecule has 3 heteroatoms. The van der Waals surface area contributed by atoms with Crippen LogP contribution in [0.25, 0.3) is 0 Å². The molecule has 1 heterocycles. The summed E-state index contributed by atoms with van der Waals surface area (Å²) in [5.74, 6) is 1.14. The molecular formula is C8H17NOS. The van der Waals surface area contributed by atoms with E-state index in [1.807, 2.05) is 11.8 Å². The number of nitrogens with one attached hydrogen (secondary N) is 1. The Morgan fingerprint density at radius 3 is 3.09 bits per heavy atom. The SMILES string of the molecule is CCCC1NCCSC1CO. The van der Waals surface area contributed by atoms with Crippen molar-refractivity contribution in [1.82, 2.24) is 5.32 Å². The molecule has 66 valence electrons. The van der Waals surface area contributed by atoms with E-state index in [4.69, 9.17) is 5.11 Å². The predicted octanol–water partition coefficient (Wildman–Crippen LogP) is 0.852. The van der Waals surface area contributed by atoms with Crippen LogP contribution in [0.4, 0.5) is 0 Å². The van der Waals surface area contributed by atoms with E-state index in [1.165, 1.54) is 12.8 Å². The van der Waals surface area contributed by atoms with Crippen molar-refractivity contribution in [2.75, 3.05) is 18.9 Å². The second-order valence-electron chi connectivity index (χ2n) is 2.94. The van der Waals surface area contributed by atoms with E-state index in [2.05, 4.69) is 12.2 Å². The van der Waals surface area contributed by atoms with Crippen LogP contribution in [0.3, 0.4) is 0 Å². The van der Waals surface area contributed by atoms with E-state index < -0.39 is 0 Å². The topological polar surface area (TPSA) is 32.3 Å². The average molecular weight is 175 g/mol. The van der Waals surface area contributed by atoms with Crippen LogP contribution in [0.2, 0.25) is 0 Å². The fraction of sp³-hybridized carbons (Fsp3) is 1.00. The van der Waals surface area contributed by atoms with Gasteiger partial charge < -0.3 is 10.4 Å². The maximum atomic E-state index is 9.03. The molecule has 0 radical (unpaired) electrons. The van der Waals surface area contributed by atoms with Gasteiger partial charge in [0.2, 0.25) is 0 Å². The van der Waals surface area contributed by atoms with E-state index in [-0.39, 0.29) is 0 Å². The summed E-state index contributed by atoms with van der Waals surface area (Å²) in [5.41, 5.74) is 0. The van der Waals surface area contributed by atoms with Crippen LogP contribution in [-0.2, 0) is 0 Å². The fourth-order valence-electron chi connectivity index (χ4n) is 1.48. The quantitative estimate of drug-likeness (QED) is 0.667.